The first-order chi connectivity index (χ1) is 14.8. The maximum atomic E-state index is 13.1. The molecule has 1 heterocycles. The van der Waals surface area contributed by atoms with Crippen LogP contribution in [0.2, 0.25) is 0 Å². The summed E-state index contributed by atoms with van der Waals surface area (Å²) in [4.78, 5) is 15.8. The number of benzene rings is 2. The number of sulfonamides is 1. The number of thiazole rings is 1. The van der Waals surface area contributed by atoms with Crippen LogP contribution in [0.3, 0.4) is 0 Å². The minimum atomic E-state index is -3.93. The van der Waals surface area contributed by atoms with E-state index in [0.717, 1.165) is 5.56 Å². The third-order valence-corrected chi connectivity index (χ3v) is 6.70. The Balaban J connectivity index is 1.88. The van der Waals surface area contributed by atoms with E-state index >= 15 is 0 Å². The van der Waals surface area contributed by atoms with E-state index in [4.69, 9.17) is 16.9 Å². The predicted octanol–water partition coefficient (Wildman–Crippen LogP) is 1.59. The van der Waals surface area contributed by atoms with Crippen molar-refractivity contribution in [3.8, 4) is 0 Å². The van der Waals surface area contributed by atoms with Crippen LogP contribution in [-0.4, -0.2) is 31.7 Å². The highest BCUT2D eigenvalue weighted by Crippen LogP contribution is 2.24. The predicted molar refractivity (Wildman–Crippen MR) is 120 cm³/mol. The molecule has 31 heavy (non-hydrogen) atoms. The highest BCUT2D eigenvalue weighted by molar-refractivity contribution is 7.89. The third-order valence-electron chi connectivity index (χ3n) is 4.34. The van der Waals surface area contributed by atoms with Crippen LogP contribution in [0.15, 0.2) is 65.0 Å². The highest BCUT2D eigenvalue weighted by atomic mass is 32.2. The number of hydrogen-bond donors (Lipinski definition) is 5. The molecule has 1 aromatic heterocycles. The minimum absolute atomic E-state index is 0.00126. The topological polar surface area (TPSA) is 164 Å². The van der Waals surface area contributed by atoms with E-state index in [2.05, 4.69) is 15.0 Å². The zero-order chi connectivity index (χ0) is 22.4. The van der Waals surface area contributed by atoms with Crippen LogP contribution in [0.4, 0.5) is 5.69 Å². The number of nitrogens with two attached hydrogens (primary N) is 2. The number of hydrogen-bond acceptors (Lipinski definition) is 7. The Morgan fingerprint density at radius 3 is 2.65 bits per heavy atom. The molecule has 7 N–H and O–H groups in total. The van der Waals surface area contributed by atoms with E-state index in [9.17, 15) is 13.2 Å². The lowest BCUT2D eigenvalue weighted by Crippen LogP contribution is -2.30. The van der Waals surface area contributed by atoms with Gasteiger partial charge in [-0.05, 0) is 36.2 Å². The van der Waals surface area contributed by atoms with Gasteiger partial charge in [-0.15, -0.1) is 11.3 Å². The summed E-state index contributed by atoms with van der Waals surface area (Å²) in [6.07, 6.45) is 1.92. The molecule has 1 atom stereocenters. The summed E-state index contributed by atoms with van der Waals surface area (Å²) in [6.45, 7) is -0.208. The van der Waals surface area contributed by atoms with Gasteiger partial charge in [-0.3, -0.25) is 10.2 Å². The molecular weight excluding hydrogens is 436 g/mol. The van der Waals surface area contributed by atoms with Crippen LogP contribution in [0.25, 0.3) is 0 Å². The average Bonchev–Trinajstić information content (AvgIpc) is 3.28. The van der Waals surface area contributed by atoms with Gasteiger partial charge in [-0.2, -0.15) is 0 Å². The van der Waals surface area contributed by atoms with Crippen LogP contribution in [0, 0.1) is 5.41 Å². The minimum Gasteiger partial charge on any atom is -0.384 e. The average molecular weight is 459 g/mol. The van der Waals surface area contributed by atoms with Crippen LogP contribution >= 0.6 is 11.3 Å². The van der Waals surface area contributed by atoms with Gasteiger partial charge in [0, 0.05) is 22.8 Å². The van der Waals surface area contributed by atoms with E-state index in [1.807, 2.05) is 6.07 Å². The van der Waals surface area contributed by atoms with Crippen molar-refractivity contribution >= 4 is 38.8 Å². The second-order valence-corrected chi connectivity index (χ2v) is 9.28. The molecule has 3 rings (SSSR count). The second-order valence-electron chi connectivity index (χ2n) is 6.64. The number of nitrogen functional groups attached to an aromatic ring is 1. The number of nitrogens with zero attached hydrogens (tertiary/aromatic N) is 1. The van der Waals surface area contributed by atoms with E-state index in [1.165, 1.54) is 29.5 Å². The first-order valence-corrected chi connectivity index (χ1v) is 11.6. The first kappa shape index (κ1) is 22.6. The number of amides is 1. The molecule has 162 valence electrons. The molecule has 0 radical (unpaired) electrons. The fourth-order valence-corrected chi connectivity index (χ4v) is 4.91. The monoisotopic (exact) mass is 458 g/mol. The van der Waals surface area contributed by atoms with E-state index < -0.39 is 22.0 Å². The molecule has 9 nitrogen and oxygen atoms in total. The van der Waals surface area contributed by atoms with Crippen molar-refractivity contribution in [3.63, 3.8) is 0 Å². The van der Waals surface area contributed by atoms with Crippen molar-refractivity contribution in [1.82, 2.24) is 9.71 Å². The Morgan fingerprint density at radius 2 is 1.97 bits per heavy atom. The maximum absolute atomic E-state index is 13.1. The summed E-state index contributed by atoms with van der Waals surface area (Å²) < 4.78 is 28.9. The van der Waals surface area contributed by atoms with Gasteiger partial charge < -0.3 is 16.8 Å². The molecule has 3 aromatic rings. The largest absolute Gasteiger partial charge is 0.384 e. The molecule has 0 bridgehead atoms. The number of carbonyl (C=O) groups excluding carboxylic acids is 1. The smallest absolute Gasteiger partial charge is 0.241 e. The Labute approximate surface area is 184 Å². The molecule has 0 aliphatic heterocycles. The summed E-state index contributed by atoms with van der Waals surface area (Å²) in [5.74, 6) is -0.488. The highest BCUT2D eigenvalue weighted by Gasteiger charge is 2.24. The summed E-state index contributed by atoms with van der Waals surface area (Å²) in [7, 11) is -3.93. The van der Waals surface area contributed by atoms with Crippen molar-refractivity contribution in [3.05, 3.63) is 76.2 Å². The van der Waals surface area contributed by atoms with Crippen molar-refractivity contribution in [2.45, 2.75) is 17.4 Å². The Morgan fingerprint density at radius 1 is 1.19 bits per heavy atom. The molecular formula is C20H22N6O3S2. The van der Waals surface area contributed by atoms with Gasteiger partial charge in [0.05, 0.1) is 17.5 Å². The van der Waals surface area contributed by atoms with Gasteiger partial charge in [-0.1, -0.05) is 24.3 Å². The second kappa shape index (κ2) is 9.79. The van der Waals surface area contributed by atoms with Gasteiger partial charge in [-0.25, -0.2) is 18.1 Å². The molecule has 1 amide bonds. The van der Waals surface area contributed by atoms with Gasteiger partial charge >= 0.3 is 0 Å². The zero-order valence-corrected chi connectivity index (χ0v) is 18.0. The quantitative estimate of drug-likeness (QED) is 0.241. The third kappa shape index (κ3) is 5.95. The number of carbonyl (C=O) groups is 1. The fraction of sp³-hybridized carbons (Fsp3) is 0.150. The maximum Gasteiger partial charge on any atom is 0.241 e. The number of anilines is 1. The van der Waals surface area contributed by atoms with Crippen molar-refractivity contribution in [2.75, 3.05) is 11.9 Å². The SMILES string of the molecule is N=C(N)c1cccc(CC(NS(=O)(=O)c2cccc(NC(=O)CN)c2)c2nccs2)c1. The van der Waals surface area contributed by atoms with Crippen LogP contribution in [0.1, 0.15) is 22.2 Å². The normalized spacial score (nSPS) is 12.3. The lowest BCUT2D eigenvalue weighted by atomic mass is 10.0. The Bertz CT molecular complexity index is 1180. The zero-order valence-electron chi connectivity index (χ0n) is 16.4. The van der Waals surface area contributed by atoms with E-state index in [1.54, 1.807) is 35.8 Å². The number of amidine groups is 1. The molecule has 0 aliphatic carbocycles. The lowest BCUT2D eigenvalue weighted by molar-refractivity contribution is -0.114. The van der Waals surface area contributed by atoms with E-state index in [0.29, 0.717) is 22.7 Å². The molecule has 2 aromatic carbocycles. The Hall–Kier alpha value is -3.12. The van der Waals surface area contributed by atoms with Gasteiger partial charge in [0.25, 0.3) is 0 Å². The Kier molecular flexibility index (Phi) is 7.13. The number of rotatable bonds is 9. The first-order valence-electron chi connectivity index (χ1n) is 9.23. The van der Waals surface area contributed by atoms with Crippen molar-refractivity contribution in [2.24, 2.45) is 11.5 Å². The fourth-order valence-electron chi connectivity index (χ4n) is 2.90. The van der Waals surface area contributed by atoms with Gasteiger partial charge in [0.2, 0.25) is 15.9 Å². The molecule has 0 spiro atoms. The van der Waals surface area contributed by atoms with E-state index in [-0.39, 0.29) is 17.3 Å². The molecule has 0 saturated heterocycles. The summed E-state index contributed by atoms with van der Waals surface area (Å²) in [5.41, 5.74) is 12.6. The van der Waals surface area contributed by atoms with Crippen LogP contribution < -0.4 is 21.5 Å². The summed E-state index contributed by atoms with van der Waals surface area (Å²) in [5, 5.41) is 12.5. The molecule has 0 saturated carbocycles. The molecule has 11 heteroatoms. The summed E-state index contributed by atoms with van der Waals surface area (Å²) in [6, 6.07) is 12.4. The molecule has 0 fully saturated rings. The lowest BCUT2D eigenvalue weighted by Gasteiger charge is -2.18. The van der Waals surface area contributed by atoms with Crippen LogP contribution in [0.5, 0.6) is 0 Å². The number of aromatic nitrogens is 1. The molecule has 0 aliphatic rings. The standard InChI is InChI=1S/C20H22N6O3S2/c21-12-18(27)25-15-5-2-6-16(11-15)31(28,29)26-17(20-24-7-8-30-20)10-13-3-1-4-14(9-13)19(22)23/h1-9,11,17,26H,10,12,21H2,(H3,22,23)(H,25,27). The van der Waals surface area contributed by atoms with Gasteiger partial charge in [0.1, 0.15) is 10.8 Å². The van der Waals surface area contributed by atoms with Crippen LogP contribution in [-0.2, 0) is 21.2 Å². The van der Waals surface area contributed by atoms with Gasteiger partial charge in [0.15, 0.2) is 0 Å². The number of nitrogens with one attached hydrogen (secondary N) is 3. The molecule has 1 unspecified atom stereocenters. The van der Waals surface area contributed by atoms with Crippen molar-refractivity contribution in [1.29, 1.82) is 5.41 Å². The van der Waals surface area contributed by atoms with Crippen molar-refractivity contribution < 1.29 is 13.2 Å². The summed E-state index contributed by atoms with van der Waals surface area (Å²) >= 11 is 1.34.